The molecule has 1 fully saturated rings. The van der Waals surface area contributed by atoms with Crippen LogP contribution in [0.2, 0.25) is 0 Å². The quantitative estimate of drug-likeness (QED) is 0.408. The van der Waals surface area contributed by atoms with Gasteiger partial charge in [-0.25, -0.2) is 0 Å². The zero-order valence-electron chi connectivity index (χ0n) is 14.3. The van der Waals surface area contributed by atoms with Gasteiger partial charge in [0.1, 0.15) is 0 Å². The highest BCUT2D eigenvalue weighted by Gasteiger charge is 2.17. The fourth-order valence-electron chi connectivity index (χ4n) is 2.58. The van der Waals surface area contributed by atoms with E-state index in [0.717, 1.165) is 32.2 Å². The summed E-state index contributed by atoms with van der Waals surface area (Å²) in [4.78, 5) is 6.61. The second-order valence-corrected chi connectivity index (χ2v) is 6.10. The van der Waals surface area contributed by atoms with E-state index in [0.29, 0.717) is 6.04 Å². The average Bonchev–Trinajstić information content (AvgIpc) is 2.48. The highest BCUT2D eigenvalue weighted by molar-refractivity contribution is 5.79. The average molecular weight is 298 g/mol. The number of likely N-dealkylation sites (N-methyl/N-ethyl adjacent to an activating group) is 1. The lowest BCUT2D eigenvalue weighted by atomic mass is 10.1. The molecule has 5 heteroatoms. The van der Waals surface area contributed by atoms with Gasteiger partial charge in [0.05, 0.1) is 12.7 Å². The van der Waals surface area contributed by atoms with Crippen molar-refractivity contribution in [2.75, 3.05) is 40.3 Å². The third kappa shape index (κ3) is 8.27. The Labute approximate surface area is 130 Å². The number of hydrogen-bond donors (Lipinski definition) is 2. The SMILES string of the molecule is CCCCCCC(C)NC(=NC)NCC1CN(C)CCO1. The van der Waals surface area contributed by atoms with Crippen LogP contribution in [0.4, 0.5) is 0 Å². The monoisotopic (exact) mass is 298 g/mol. The second-order valence-electron chi connectivity index (χ2n) is 6.10. The summed E-state index contributed by atoms with van der Waals surface area (Å²) < 4.78 is 5.75. The topological polar surface area (TPSA) is 48.9 Å². The number of guanidine groups is 1. The Balaban J connectivity index is 2.18. The van der Waals surface area contributed by atoms with Crippen LogP contribution in [0, 0.1) is 0 Å². The molecule has 2 atom stereocenters. The first kappa shape index (κ1) is 18.2. The smallest absolute Gasteiger partial charge is 0.191 e. The number of hydrogen-bond acceptors (Lipinski definition) is 3. The van der Waals surface area contributed by atoms with Crippen molar-refractivity contribution >= 4 is 5.96 Å². The Bertz CT molecular complexity index is 296. The number of rotatable bonds is 8. The Morgan fingerprint density at radius 2 is 2.19 bits per heavy atom. The van der Waals surface area contributed by atoms with Crippen LogP contribution in [0.25, 0.3) is 0 Å². The lowest BCUT2D eigenvalue weighted by Crippen LogP contribution is -2.49. The summed E-state index contributed by atoms with van der Waals surface area (Å²) in [5.74, 6) is 0.884. The van der Waals surface area contributed by atoms with Crippen LogP contribution in [0.3, 0.4) is 0 Å². The predicted octanol–water partition coefficient (Wildman–Crippen LogP) is 1.84. The van der Waals surface area contributed by atoms with E-state index in [1.807, 2.05) is 7.05 Å². The van der Waals surface area contributed by atoms with Crippen LogP contribution >= 0.6 is 0 Å². The highest BCUT2D eigenvalue weighted by atomic mass is 16.5. The molecule has 1 aliphatic rings. The van der Waals surface area contributed by atoms with Crippen molar-refractivity contribution in [1.29, 1.82) is 0 Å². The number of morpholine rings is 1. The van der Waals surface area contributed by atoms with Gasteiger partial charge in [-0.1, -0.05) is 32.6 Å². The molecule has 0 aromatic heterocycles. The summed E-state index contributed by atoms with van der Waals surface area (Å²) >= 11 is 0. The number of nitrogens with one attached hydrogen (secondary N) is 2. The van der Waals surface area contributed by atoms with E-state index in [1.165, 1.54) is 32.1 Å². The Kier molecular flexibility index (Phi) is 9.42. The van der Waals surface area contributed by atoms with Crippen molar-refractivity contribution < 1.29 is 4.74 Å². The molecule has 21 heavy (non-hydrogen) atoms. The molecule has 0 amide bonds. The summed E-state index contributed by atoms with van der Waals surface area (Å²) in [5, 5.41) is 6.84. The van der Waals surface area contributed by atoms with Gasteiger partial charge in [0.15, 0.2) is 5.96 Å². The van der Waals surface area contributed by atoms with Crippen molar-refractivity contribution in [3.63, 3.8) is 0 Å². The number of unbranched alkanes of at least 4 members (excludes halogenated alkanes) is 3. The van der Waals surface area contributed by atoms with Gasteiger partial charge in [-0.3, -0.25) is 4.99 Å². The fourth-order valence-corrected chi connectivity index (χ4v) is 2.58. The molecule has 2 N–H and O–H groups in total. The Hall–Kier alpha value is -0.810. The summed E-state index contributed by atoms with van der Waals surface area (Å²) in [6.45, 7) is 8.12. The number of nitrogens with zero attached hydrogens (tertiary/aromatic N) is 2. The normalized spacial score (nSPS) is 22.1. The van der Waals surface area contributed by atoms with E-state index in [9.17, 15) is 0 Å². The maximum atomic E-state index is 5.75. The van der Waals surface area contributed by atoms with Crippen LogP contribution < -0.4 is 10.6 Å². The first-order valence-corrected chi connectivity index (χ1v) is 8.43. The first-order valence-electron chi connectivity index (χ1n) is 8.43. The van der Waals surface area contributed by atoms with E-state index in [2.05, 4.69) is 41.4 Å². The lowest BCUT2D eigenvalue weighted by molar-refractivity contribution is -0.0161. The molecule has 1 heterocycles. The minimum atomic E-state index is 0.252. The van der Waals surface area contributed by atoms with Crippen molar-refractivity contribution in [2.45, 2.75) is 58.1 Å². The van der Waals surface area contributed by atoms with Gasteiger partial charge >= 0.3 is 0 Å². The van der Waals surface area contributed by atoms with Crippen LogP contribution in [0.5, 0.6) is 0 Å². The molecule has 1 aliphatic heterocycles. The molecule has 0 aromatic rings. The number of ether oxygens (including phenoxy) is 1. The highest BCUT2D eigenvalue weighted by Crippen LogP contribution is 2.05. The van der Waals surface area contributed by atoms with E-state index < -0.39 is 0 Å². The molecular formula is C16H34N4O. The maximum Gasteiger partial charge on any atom is 0.191 e. The zero-order valence-corrected chi connectivity index (χ0v) is 14.3. The van der Waals surface area contributed by atoms with Crippen molar-refractivity contribution in [2.24, 2.45) is 4.99 Å². The molecule has 0 radical (unpaired) electrons. The van der Waals surface area contributed by atoms with Gasteiger partial charge in [-0.05, 0) is 20.4 Å². The Morgan fingerprint density at radius 3 is 2.86 bits per heavy atom. The molecule has 5 nitrogen and oxygen atoms in total. The summed E-state index contributed by atoms with van der Waals surface area (Å²) in [6, 6.07) is 0.461. The summed E-state index contributed by atoms with van der Waals surface area (Å²) in [5.41, 5.74) is 0. The fraction of sp³-hybridized carbons (Fsp3) is 0.938. The standard InChI is InChI=1S/C16H34N4O/c1-5-6-7-8-9-14(2)19-16(17-3)18-12-15-13-20(4)10-11-21-15/h14-15H,5-13H2,1-4H3,(H2,17,18,19). The van der Waals surface area contributed by atoms with E-state index in [-0.39, 0.29) is 6.10 Å². The van der Waals surface area contributed by atoms with Crippen LogP contribution in [-0.2, 0) is 4.74 Å². The molecule has 0 aliphatic carbocycles. The van der Waals surface area contributed by atoms with Gasteiger partial charge in [-0.15, -0.1) is 0 Å². The molecule has 0 spiro atoms. The second kappa shape index (κ2) is 10.9. The van der Waals surface area contributed by atoms with Gasteiger partial charge in [-0.2, -0.15) is 0 Å². The minimum Gasteiger partial charge on any atom is -0.374 e. The molecule has 2 unspecified atom stereocenters. The van der Waals surface area contributed by atoms with Gasteiger partial charge in [0.25, 0.3) is 0 Å². The number of aliphatic imine (C=N–C) groups is 1. The molecule has 0 saturated carbocycles. The minimum absolute atomic E-state index is 0.252. The van der Waals surface area contributed by atoms with E-state index in [4.69, 9.17) is 4.74 Å². The van der Waals surface area contributed by atoms with Crippen molar-refractivity contribution in [1.82, 2.24) is 15.5 Å². The van der Waals surface area contributed by atoms with Crippen molar-refractivity contribution in [3.8, 4) is 0 Å². The molecule has 1 rings (SSSR count). The molecule has 0 bridgehead atoms. The third-order valence-corrected chi connectivity index (χ3v) is 3.94. The largest absolute Gasteiger partial charge is 0.374 e. The molecule has 1 saturated heterocycles. The summed E-state index contributed by atoms with van der Waals surface area (Å²) in [7, 11) is 3.97. The third-order valence-electron chi connectivity index (χ3n) is 3.94. The van der Waals surface area contributed by atoms with Gasteiger partial charge in [0.2, 0.25) is 0 Å². The molecular weight excluding hydrogens is 264 g/mol. The maximum absolute atomic E-state index is 5.75. The Morgan fingerprint density at radius 1 is 1.38 bits per heavy atom. The molecule has 0 aromatic carbocycles. The van der Waals surface area contributed by atoms with E-state index in [1.54, 1.807) is 0 Å². The van der Waals surface area contributed by atoms with Gasteiger partial charge < -0.3 is 20.3 Å². The van der Waals surface area contributed by atoms with Crippen molar-refractivity contribution in [3.05, 3.63) is 0 Å². The van der Waals surface area contributed by atoms with Gasteiger partial charge in [0, 0.05) is 32.7 Å². The molecule has 124 valence electrons. The predicted molar refractivity (Wildman–Crippen MR) is 90.0 cm³/mol. The van der Waals surface area contributed by atoms with Crippen LogP contribution in [-0.4, -0.2) is 63.3 Å². The zero-order chi connectivity index (χ0) is 15.5. The van der Waals surface area contributed by atoms with Crippen LogP contribution in [0.15, 0.2) is 4.99 Å². The first-order chi connectivity index (χ1) is 10.2. The van der Waals surface area contributed by atoms with Crippen LogP contribution in [0.1, 0.15) is 46.0 Å². The lowest BCUT2D eigenvalue weighted by Gasteiger charge is -2.30. The van der Waals surface area contributed by atoms with E-state index >= 15 is 0 Å². The summed E-state index contributed by atoms with van der Waals surface area (Å²) in [6.07, 6.45) is 6.70.